The van der Waals surface area contributed by atoms with Crippen LogP contribution in [0.25, 0.3) is 0 Å². The summed E-state index contributed by atoms with van der Waals surface area (Å²) in [6, 6.07) is 17.3. The van der Waals surface area contributed by atoms with Gasteiger partial charge in [0.15, 0.2) is 0 Å². The van der Waals surface area contributed by atoms with E-state index in [1.165, 1.54) is 5.56 Å². The van der Waals surface area contributed by atoms with Crippen molar-refractivity contribution in [3.8, 4) is 11.8 Å². The zero-order chi connectivity index (χ0) is 18.5. The molecule has 0 saturated carbocycles. The van der Waals surface area contributed by atoms with E-state index in [1.807, 2.05) is 18.2 Å². The highest BCUT2D eigenvalue weighted by Gasteiger charge is 2.36. The number of ether oxygens (including phenoxy) is 1. The number of nitriles is 1. The Labute approximate surface area is 154 Å². The SMILES string of the molecule is COc1ccc2c(c1)C(C#N)N(CCCN(C)Cc1ccccc1)C2=O. The lowest BCUT2D eigenvalue weighted by Gasteiger charge is -2.22. The summed E-state index contributed by atoms with van der Waals surface area (Å²) in [6.07, 6.45) is 0.818. The number of hydrogen-bond acceptors (Lipinski definition) is 4. The molecule has 5 nitrogen and oxygen atoms in total. The van der Waals surface area contributed by atoms with Crippen LogP contribution in [0.15, 0.2) is 48.5 Å². The topological polar surface area (TPSA) is 56.6 Å². The normalized spacial score (nSPS) is 15.8. The van der Waals surface area contributed by atoms with Gasteiger partial charge in [0.25, 0.3) is 5.91 Å². The summed E-state index contributed by atoms with van der Waals surface area (Å²) in [4.78, 5) is 16.5. The number of fused-ring (bicyclic) bond motifs is 1. The Bertz CT molecular complexity index is 814. The van der Waals surface area contributed by atoms with E-state index in [9.17, 15) is 10.1 Å². The Morgan fingerprint density at radius 2 is 2.00 bits per heavy atom. The average Bonchev–Trinajstić information content (AvgIpc) is 2.93. The maximum Gasteiger partial charge on any atom is 0.255 e. The number of hydrogen-bond donors (Lipinski definition) is 0. The van der Waals surface area contributed by atoms with Crippen LogP contribution >= 0.6 is 0 Å². The standard InChI is InChI=1S/C21H23N3O2/c1-23(15-16-7-4-3-5-8-16)11-6-12-24-20(14-22)19-13-17(26-2)9-10-18(19)21(24)25/h3-5,7-10,13,20H,6,11-12,15H2,1-2H3. The number of carbonyl (C=O) groups is 1. The number of carbonyl (C=O) groups excluding carboxylic acids is 1. The highest BCUT2D eigenvalue weighted by Crippen LogP contribution is 2.35. The van der Waals surface area contributed by atoms with Crippen molar-refractivity contribution in [2.24, 2.45) is 0 Å². The fourth-order valence-electron chi connectivity index (χ4n) is 3.38. The Kier molecular flexibility index (Phi) is 5.55. The lowest BCUT2D eigenvalue weighted by molar-refractivity contribution is 0.0750. The van der Waals surface area contributed by atoms with E-state index in [4.69, 9.17) is 4.74 Å². The first-order valence-corrected chi connectivity index (χ1v) is 8.75. The molecule has 1 amide bonds. The summed E-state index contributed by atoms with van der Waals surface area (Å²) in [5.41, 5.74) is 2.62. The predicted octanol–water partition coefficient (Wildman–Crippen LogP) is 3.24. The molecule has 134 valence electrons. The van der Waals surface area contributed by atoms with Gasteiger partial charge in [-0.05, 0) is 43.8 Å². The molecule has 1 heterocycles. The van der Waals surface area contributed by atoms with Crippen molar-refractivity contribution < 1.29 is 9.53 Å². The van der Waals surface area contributed by atoms with E-state index in [-0.39, 0.29) is 5.91 Å². The van der Waals surface area contributed by atoms with Crippen LogP contribution in [0.2, 0.25) is 0 Å². The van der Waals surface area contributed by atoms with Crippen molar-refractivity contribution in [3.05, 3.63) is 65.2 Å². The molecule has 0 aromatic heterocycles. The minimum Gasteiger partial charge on any atom is -0.497 e. The molecule has 0 radical (unpaired) electrons. The van der Waals surface area contributed by atoms with Crippen molar-refractivity contribution in [2.45, 2.75) is 19.0 Å². The molecule has 0 spiro atoms. The maximum atomic E-state index is 12.7. The van der Waals surface area contributed by atoms with Crippen molar-refractivity contribution in [1.82, 2.24) is 9.80 Å². The molecular formula is C21H23N3O2. The number of nitrogens with zero attached hydrogens (tertiary/aromatic N) is 3. The summed E-state index contributed by atoms with van der Waals surface area (Å²) in [5.74, 6) is 0.598. The van der Waals surface area contributed by atoms with E-state index in [0.29, 0.717) is 17.9 Å². The Morgan fingerprint density at radius 3 is 2.69 bits per heavy atom. The first-order valence-electron chi connectivity index (χ1n) is 8.75. The molecule has 0 saturated heterocycles. The van der Waals surface area contributed by atoms with E-state index >= 15 is 0 Å². The molecule has 2 aromatic rings. The number of methoxy groups -OCH3 is 1. The van der Waals surface area contributed by atoms with Gasteiger partial charge in [-0.3, -0.25) is 4.79 Å². The van der Waals surface area contributed by atoms with E-state index in [1.54, 1.807) is 30.2 Å². The summed E-state index contributed by atoms with van der Waals surface area (Å²) < 4.78 is 5.23. The quantitative estimate of drug-likeness (QED) is 0.770. The smallest absolute Gasteiger partial charge is 0.255 e. The van der Waals surface area contributed by atoms with Crippen molar-refractivity contribution in [3.63, 3.8) is 0 Å². The van der Waals surface area contributed by atoms with Gasteiger partial charge in [-0.1, -0.05) is 30.3 Å². The van der Waals surface area contributed by atoms with Gasteiger partial charge in [0, 0.05) is 24.2 Å². The van der Waals surface area contributed by atoms with Crippen LogP contribution in [0.3, 0.4) is 0 Å². The third kappa shape index (κ3) is 3.71. The molecule has 2 aromatic carbocycles. The second-order valence-corrected chi connectivity index (χ2v) is 6.56. The fraction of sp³-hybridized carbons (Fsp3) is 0.333. The molecule has 0 bridgehead atoms. The molecule has 0 aliphatic carbocycles. The maximum absolute atomic E-state index is 12.7. The predicted molar refractivity (Wildman–Crippen MR) is 99.8 cm³/mol. The van der Waals surface area contributed by atoms with E-state index < -0.39 is 6.04 Å². The van der Waals surface area contributed by atoms with Gasteiger partial charge in [0.2, 0.25) is 0 Å². The van der Waals surface area contributed by atoms with Crippen LogP contribution in [-0.4, -0.2) is 43.0 Å². The van der Waals surface area contributed by atoms with Crippen LogP contribution < -0.4 is 4.74 Å². The second-order valence-electron chi connectivity index (χ2n) is 6.56. The first kappa shape index (κ1) is 18.0. The molecule has 1 atom stereocenters. The molecule has 1 unspecified atom stereocenters. The third-order valence-electron chi connectivity index (χ3n) is 4.71. The van der Waals surface area contributed by atoms with Gasteiger partial charge in [-0.15, -0.1) is 0 Å². The number of rotatable bonds is 7. The molecule has 0 N–H and O–H groups in total. The van der Waals surface area contributed by atoms with Gasteiger partial charge in [-0.2, -0.15) is 5.26 Å². The lowest BCUT2D eigenvalue weighted by Crippen LogP contribution is -2.31. The first-order chi connectivity index (χ1) is 12.6. The van der Waals surface area contributed by atoms with Crippen LogP contribution in [0.4, 0.5) is 0 Å². The summed E-state index contributed by atoms with van der Waals surface area (Å²) in [6.45, 7) is 2.29. The van der Waals surface area contributed by atoms with E-state index in [2.05, 4.69) is 30.1 Å². The van der Waals surface area contributed by atoms with Gasteiger partial charge >= 0.3 is 0 Å². The monoisotopic (exact) mass is 349 g/mol. The lowest BCUT2D eigenvalue weighted by atomic mass is 10.1. The molecule has 0 fully saturated rings. The van der Waals surface area contributed by atoms with Crippen LogP contribution in [0.5, 0.6) is 5.75 Å². The van der Waals surface area contributed by atoms with Crippen LogP contribution in [0.1, 0.15) is 33.9 Å². The van der Waals surface area contributed by atoms with Crippen LogP contribution in [-0.2, 0) is 6.54 Å². The van der Waals surface area contributed by atoms with Crippen molar-refractivity contribution >= 4 is 5.91 Å². The molecule has 5 heteroatoms. The Balaban J connectivity index is 1.60. The highest BCUT2D eigenvalue weighted by molar-refractivity contribution is 5.99. The zero-order valence-electron chi connectivity index (χ0n) is 15.2. The minimum absolute atomic E-state index is 0.0695. The number of amides is 1. The van der Waals surface area contributed by atoms with Gasteiger partial charge in [-0.25, -0.2) is 0 Å². The van der Waals surface area contributed by atoms with Gasteiger partial charge < -0.3 is 14.5 Å². The molecular weight excluding hydrogens is 326 g/mol. The highest BCUT2D eigenvalue weighted by atomic mass is 16.5. The largest absolute Gasteiger partial charge is 0.497 e. The molecule has 1 aliphatic rings. The second kappa shape index (κ2) is 8.03. The molecule has 1 aliphatic heterocycles. The van der Waals surface area contributed by atoms with Crippen molar-refractivity contribution in [2.75, 3.05) is 27.2 Å². The average molecular weight is 349 g/mol. The third-order valence-corrected chi connectivity index (χ3v) is 4.71. The summed E-state index contributed by atoms with van der Waals surface area (Å²) in [7, 11) is 3.65. The minimum atomic E-state index is -0.535. The summed E-state index contributed by atoms with van der Waals surface area (Å²) in [5, 5.41) is 9.57. The zero-order valence-corrected chi connectivity index (χ0v) is 15.2. The molecule has 3 rings (SSSR count). The Morgan fingerprint density at radius 1 is 1.23 bits per heavy atom. The Hall–Kier alpha value is -2.84. The van der Waals surface area contributed by atoms with Crippen LogP contribution in [0, 0.1) is 11.3 Å². The van der Waals surface area contributed by atoms with E-state index in [0.717, 1.165) is 25.1 Å². The fourth-order valence-corrected chi connectivity index (χ4v) is 3.38. The van der Waals surface area contributed by atoms with Gasteiger partial charge in [0.05, 0.1) is 13.2 Å². The molecule has 26 heavy (non-hydrogen) atoms. The summed E-state index contributed by atoms with van der Waals surface area (Å²) >= 11 is 0. The van der Waals surface area contributed by atoms with Gasteiger partial charge in [0.1, 0.15) is 11.8 Å². The number of benzene rings is 2. The van der Waals surface area contributed by atoms with Crippen molar-refractivity contribution in [1.29, 1.82) is 5.26 Å².